The van der Waals surface area contributed by atoms with Crippen molar-refractivity contribution in [3.63, 3.8) is 0 Å². The van der Waals surface area contributed by atoms with Crippen LogP contribution in [0.3, 0.4) is 0 Å². The molecule has 0 unspecified atom stereocenters. The first-order valence-corrected chi connectivity index (χ1v) is 13.3. The van der Waals surface area contributed by atoms with Gasteiger partial charge in [-0.05, 0) is 63.7 Å². The van der Waals surface area contributed by atoms with Crippen molar-refractivity contribution in [2.75, 3.05) is 0 Å². The summed E-state index contributed by atoms with van der Waals surface area (Å²) in [5, 5.41) is 2.67. The Morgan fingerprint density at radius 3 is 1.81 bits per heavy atom. The Labute approximate surface area is 220 Å². The molecule has 0 saturated heterocycles. The number of pyridine rings is 1. The van der Waals surface area contributed by atoms with E-state index in [9.17, 15) is 0 Å². The Kier molecular flexibility index (Phi) is 5.38. The lowest BCUT2D eigenvalue weighted by Gasteiger charge is -2.09. The van der Waals surface area contributed by atoms with Gasteiger partial charge in [0, 0.05) is 31.9 Å². The van der Waals surface area contributed by atoms with Gasteiger partial charge in [0.25, 0.3) is 0 Å². The summed E-state index contributed by atoms with van der Waals surface area (Å²) in [5.41, 5.74) is 9.51. The minimum absolute atomic E-state index is 0.992. The van der Waals surface area contributed by atoms with E-state index in [1.165, 1.54) is 53.6 Å². The van der Waals surface area contributed by atoms with E-state index in [4.69, 9.17) is 0 Å². The van der Waals surface area contributed by atoms with Crippen molar-refractivity contribution in [1.29, 1.82) is 0 Å². The van der Waals surface area contributed by atoms with Crippen molar-refractivity contribution in [3.05, 3.63) is 140 Å². The predicted molar refractivity (Wildman–Crippen MR) is 159 cm³/mol. The zero-order chi connectivity index (χ0) is 24.6. The second kappa shape index (κ2) is 9.16. The van der Waals surface area contributed by atoms with Crippen LogP contribution in [-0.4, -0.2) is 4.98 Å². The summed E-state index contributed by atoms with van der Waals surface area (Å²) in [5.74, 6) is 0. The van der Waals surface area contributed by atoms with Crippen LogP contribution >= 0.6 is 11.3 Å². The van der Waals surface area contributed by atoms with Crippen LogP contribution in [0.5, 0.6) is 0 Å². The summed E-state index contributed by atoms with van der Waals surface area (Å²) >= 11 is 1.88. The van der Waals surface area contributed by atoms with Gasteiger partial charge in [-0.1, -0.05) is 103 Å². The molecule has 0 N–H and O–H groups in total. The van der Waals surface area contributed by atoms with Gasteiger partial charge in [-0.3, -0.25) is 4.98 Å². The highest BCUT2D eigenvalue weighted by Gasteiger charge is 2.11. The van der Waals surface area contributed by atoms with E-state index in [1.54, 1.807) is 0 Å². The molecule has 2 heteroatoms. The van der Waals surface area contributed by atoms with Crippen molar-refractivity contribution < 1.29 is 0 Å². The third kappa shape index (κ3) is 4.02. The highest BCUT2D eigenvalue weighted by atomic mass is 32.1. The average Bonchev–Trinajstić information content (AvgIpc) is 3.37. The zero-order valence-corrected chi connectivity index (χ0v) is 21.0. The van der Waals surface area contributed by atoms with E-state index in [0.29, 0.717) is 0 Å². The fraction of sp³-hybridized carbons (Fsp3) is 0. The Morgan fingerprint density at radius 1 is 0.432 bits per heavy atom. The summed E-state index contributed by atoms with van der Waals surface area (Å²) in [6, 6.07) is 47.7. The van der Waals surface area contributed by atoms with Crippen molar-refractivity contribution in [2.45, 2.75) is 0 Å². The molecule has 0 atom stereocenters. The van der Waals surface area contributed by atoms with Crippen LogP contribution in [0.15, 0.2) is 140 Å². The Morgan fingerprint density at radius 2 is 1.05 bits per heavy atom. The lowest BCUT2D eigenvalue weighted by atomic mass is 9.96. The zero-order valence-electron chi connectivity index (χ0n) is 20.1. The van der Waals surface area contributed by atoms with E-state index in [-0.39, 0.29) is 0 Å². The van der Waals surface area contributed by atoms with Gasteiger partial charge in [0.05, 0.1) is 5.69 Å². The van der Waals surface area contributed by atoms with Gasteiger partial charge in [-0.15, -0.1) is 11.3 Å². The van der Waals surface area contributed by atoms with Crippen molar-refractivity contribution in [3.8, 4) is 44.6 Å². The van der Waals surface area contributed by atoms with E-state index >= 15 is 0 Å². The highest BCUT2D eigenvalue weighted by Crippen LogP contribution is 2.40. The fourth-order valence-electron chi connectivity index (χ4n) is 5.09. The molecule has 0 aliphatic heterocycles. The molecule has 174 valence electrons. The number of rotatable bonds is 4. The maximum atomic E-state index is 4.50. The minimum atomic E-state index is 0.992. The molecule has 0 amide bonds. The number of hydrogen-bond acceptors (Lipinski definition) is 2. The molecule has 37 heavy (non-hydrogen) atoms. The lowest BCUT2D eigenvalue weighted by molar-refractivity contribution is 1.33. The first kappa shape index (κ1) is 21.7. The monoisotopic (exact) mass is 489 g/mol. The molecule has 7 rings (SSSR count). The number of benzene rings is 5. The summed E-state index contributed by atoms with van der Waals surface area (Å²) in [7, 11) is 0. The largest absolute Gasteiger partial charge is 0.256 e. The normalized spacial score (nSPS) is 11.2. The van der Waals surface area contributed by atoms with Crippen LogP contribution in [0.4, 0.5) is 0 Å². The smallest absolute Gasteiger partial charge is 0.0702 e. The highest BCUT2D eigenvalue weighted by molar-refractivity contribution is 7.26. The quantitative estimate of drug-likeness (QED) is 0.240. The maximum Gasteiger partial charge on any atom is 0.0702 e. The molecular weight excluding hydrogens is 466 g/mol. The molecule has 0 radical (unpaired) electrons. The molecule has 0 aliphatic rings. The van der Waals surface area contributed by atoms with Crippen LogP contribution in [0.25, 0.3) is 64.8 Å². The first-order chi connectivity index (χ1) is 18.3. The number of thiophene rings is 1. The van der Waals surface area contributed by atoms with Crippen LogP contribution in [0.2, 0.25) is 0 Å². The van der Waals surface area contributed by atoms with Crippen LogP contribution < -0.4 is 0 Å². The molecular formula is C35H23NS. The van der Waals surface area contributed by atoms with E-state index in [2.05, 4.69) is 126 Å². The third-order valence-electron chi connectivity index (χ3n) is 6.95. The molecule has 0 saturated carbocycles. The Bertz CT molecular complexity index is 1860. The topological polar surface area (TPSA) is 12.9 Å². The molecule has 2 aromatic heterocycles. The maximum absolute atomic E-state index is 4.50. The van der Waals surface area contributed by atoms with Crippen molar-refractivity contribution in [1.82, 2.24) is 4.98 Å². The van der Waals surface area contributed by atoms with E-state index < -0.39 is 0 Å². The van der Waals surface area contributed by atoms with Gasteiger partial charge in [0.1, 0.15) is 0 Å². The molecule has 0 aliphatic carbocycles. The molecule has 0 spiro atoms. The summed E-state index contributed by atoms with van der Waals surface area (Å²) in [6.45, 7) is 0. The van der Waals surface area contributed by atoms with Crippen LogP contribution in [-0.2, 0) is 0 Å². The summed E-state index contributed by atoms with van der Waals surface area (Å²) in [4.78, 5) is 4.50. The first-order valence-electron chi connectivity index (χ1n) is 12.5. The van der Waals surface area contributed by atoms with Gasteiger partial charge < -0.3 is 0 Å². The summed E-state index contributed by atoms with van der Waals surface area (Å²) in [6.07, 6.45) is 1.84. The second-order valence-electron chi connectivity index (χ2n) is 9.23. The molecule has 0 fully saturated rings. The number of nitrogens with zero attached hydrogens (tertiary/aromatic N) is 1. The van der Waals surface area contributed by atoms with E-state index in [1.807, 2.05) is 29.7 Å². The molecule has 5 aromatic carbocycles. The van der Waals surface area contributed by atoms with Crippen LogP contribution in [0.1, 0.15) is 0 Å². The number of fused-ring (bicyclic) bond motifs is 3. The van der Waals surface area contributed by atoms with Gasteiger partial charge >= 0.3 is 0 Å². The molecule has 1 nitrogen and oxygen atoms in total. The minimum Gasteiger partial charge on any atom is -0.256 e. The molecule has 7 aromatic rings. The lowest BCUT2D eigenvalue weighted by Crippen LogP contribution is -1.85. The third-order valence-corrected chi connectivity index (χ3v) is 8.17. The molecule has 2 heterocycles. The van der Waals surface area contributed by atoms with Crippen molar-refractivity contribution >= 4 is 31.5 Å². The van der Waals surface area contributed by atoms with Crippen molar-refractivity contribution in [2.24, 2.45) is 0 Å². The van der Waals surface area contributed by atoms with E-state index in [0.717, 1.165) is 11.3 Å². The van der Waals surface area contributed by atoms with Gasteiger partial charge in [-0.25, -0.2) is 0 Å². The molecule has 0 bridgehead atoms. The predicted octanol–water partition coefficient (Wildman–Crippen LogP) is 10.1. The Balaban J connectivity index is 1.23. The SMILES string of the molecule is c1ccc(-c2cccc(-c3ccc(-c4cccc(-c5cccc6c5sc5ccccc56)c4)cc3)c2)nc1. The number of aromatic nitrogens is 1. The van der Waals surface area contributed by atoms with Gasteiger partial charge in [0.15, 0.2) is 0 Å². The standard InChI is InChI=1S/C35H23NS/c1-2-16-34-31(12-1)32-14-7-13-30(35(32)37-34)28-10-5-8-26(22-28)24-17-19-25(20-18-24)27-9-6-11-29(23-27)33-15-3-4-21-36-33/h1-23H. The summed E-state index contributed by atoms with van der Waals surface area (Å²) < 4.78 is 2.69. The second-order valence-corrected chi connectivity index (χ2v) is 10.3. The van der Waals surface area contributed by atoms with Gasteiger partial charge in [0.2, 0.25) is 0 Å². The number of hydrogen-bond donors (Lipinski definition) is 0. The van der Waals surface area contributed by atoms with Crippen LogP contribution in [0, 0.1) is 0 Å². The average molecular weight is 490 g/mol. The fourth-order valence-corrected chi connectivity index (χ4v) is 6.33. The van der Waals surface area contributed by atoms with Gasteiger partial charge in [-0.2, -0.15) is 0 Å². The Hall–Kier alpha value is -4.53.